The van der Waals surface area contributed by atoms with Gasteiger partial charge in [0.25, 0.3) is 6.71 Å². The minimum atomic E-state index is -0.000167. The first-order valence-corrected chi connectivity index (χ1v) is 34.3. The number of nitrogens with zero attached hydrogens (tertiary/aromatic N) is 9. The lowest BCUT2D eigenvalue weighted by Crippen LogP contribution is -2.61. The molecular weight excluding hydrogens is 1230 g/mol. The minimum Gasteiger partial charge on any atom is -0.311 e. The van der Waals surface area contributed by atoms with Crippen LogP contribution in [0.3, 0.4) is 0 Å². The predicted molar refractivity (Wildman–Crippen MR) is 416 cm³/mol. The molecule has 14 aromatic carbocycles. The van der Waals surface area contributed by atoms with Gasteiger partial charge in [-0.15, -0.1) is 0 Å². The maximum atomic E-state index is 5.68. The first-order valence-electron chi connectivity index (χ1n) is 34.3. The molecular formula is C91H58BN9. The van der Waals surface area contributed by atoms with Crippen molar-refractivity contribution in [1.82, 2.24) is 34.1 Å². The van der Waals surface area contributed by atoms with E-state index in [2.05, 4.69) is 328 Å². The summed E-state index contributed by atoms with van der Waals surface area (Å²) in [4.78, 5) is 32.2. The summed E-state index contributed by atoms with van der Waals surface area (Å²) < 4.78 is 4.80. The maximum Gasteiger partial charge on any atom is 0.252 e. The van der Waals surface area contributed by atoms with Gasteiger partial charge in [0.15, 0.2) is 23.3 Å². The zero-order valence-corrected chi connectivity index (χ0v) is 54.6. The van der Waals surface area contributed by atoms with Crippen molar-refractivity contribution >= 4 is 101 Å². The van der Waals surface area contributed by atoms with E-state index in [-0.39, 0.29) is 6.71 Å². The third-order valence-corrected chi connectivity index (χ3v) is 20.1. The van der Waals surface area contributed by atoms with E-state index in [1.165, 1.54) is 38.5 Å². The lowest BCUT2D eigenvalue weighted by molar-refractivity contribution is 1.06. The summed E-state index contributed by atoms with van der Waals surface area (Å²) in [5, 5.41) is 4.63. The topological polar surface area (TPSA) is 80.8 Å². The Labute approximate surface area is 583 Å². The number of fused-ring (bicyclic) bond motifs is 10. The lowest BCUT2D eigenvalue weighted by Gasteiger charge is -2.44. The molecule has 0 bridgehead atoms. The second-order valence-corrected chi connectivity index (χ2v) is 25.9. The van der Waals surface area contributed by atoms with Crippen LogP contribution in [0.1, 0.15) is 0 Å². The van der Waals surface area contributed by atoms with E-state index in [0.29, 0.717) is 23.3 Å². The van der Waals surface area contributed by atoms with E-state index < -0.39 is 0 Å². The van der Waals surface area contributed by atoms with Crippen LogP contribution in [0.4, 0.5) is 34.1 Å². The quantitative estimate of drug-likeness (QED) is 0.119. The van der Waals surface area contributed by atoms with Crippen LogP contribution in [0.2, 0.25) is 0 Å². The lowest BCUT2D eigenvalue weighted by atomic mass is 9.33. The van der Waals surface area contributed by atoms with Gasteiger partial charge in [-0.3, -0.25) is 0 Å². The molecule has 470 valence electrons. The molecule has 0 saturated heterocycles. The van der Waals surface area contributed by atoms with Gasteiger partial charge in [0.1, 0.15) is 0 Å². The van der Waals surface area contributed by atoms with Crippen molar-refractivity contribution in [3.8, 4) is 90.6 Å². The summed E-state index contributed by atoms with van der Waals surface area (Å²) in [5.74, 6) is 2.22. The number of hydrogen-bond acceptors (Lipinski definition) is 7. The molecule has 0 atom stereocenters. The molecule has 101 heavy (non-hydrogen) atoms. The summed E-state index contributed by atoms with van der Waals surface area (Å²) in [5.41, 5.74) is 25.9. The normalized spacial score (nSPS) is 12.3. The van der Waals surface area contributed by atoms with Gasteiger partial charge in [0.2, 0.25) is 0 Å². The molecule has 2 aliphatic rings. The second-order valence-electron chi connectivity index (χ2n) is 25.9. The van der Waals surface area contributed by atoms with Crippen molar-refractivity contribution in [3.05, 3.63) is 352 Å². The molecule has 0 unspecified atom stereocenters. The Morgan fingerprint density at radius 3 is 1.18 bits per heavy atom. The summed E-state index contributed by atoms with van der Waals surface area (Å²) in [6, 6.07) is 126. The number of para-hydroxylation sites is 7. The molecule has 6 heterocycles. The number of anilines is 6. The van der Waals surface area contributed by atoms with Crippen LogP contribution in [0.15, 0.2) is 352 Å². The van der Waals surface area contributed by atoms with E-state index in [4.69, 9.17) is 24.9 Å². The standard InChI is InChI=1S/C91H58BN9/c1-7-27-60(28-8-1)76-57-77(94-88(93-76)61-29-9-2-10-30-61)64-51-52-80(101-79-44-24-20-40-70(79)72-56-71-69-39-19-23-43-78(69)98(83(71)58-84(72)101)66-33-13-4-14-34-66)73(53-64)91-96-89(62-31-11-3-12-32-62)95-90(97-91)63-49-47-59(48-50-63)65-54-85-87-86(55-65)100(68-37-17-6-18-38-68)82-46-26-22-42-75(82)92(87)74-41-21-25-45-81(74)99(85)67-35-15-5-16-36-67/h1-58H. The van der Waals surface area contributed by atoms with Crippen LogP contribution in [-0.2, 0) is 0 Å². The molecule has 0 saturated carbocycles. The number of rotatable bonds is 11. The van der Waals surface area contributed by atoms with Crippen LogP contribution in [0.5, 0.6) is 0 Å². The number of aromatic nitrogens is 7. The van der Waals surface area contributed by atoms with E-state index in [1.807, 2.05) is 42.5 Å². The fourth-order valence-electron chi connectivity index (χ4n) is 15.6. The smallest absolute Gasteiger partial charge is 0.252 e. The molecule has 18 aromatic rings. The minimum absolute atomic E-state index is 0.000167. The van der Waals surface area contributed by atoms with Crippen LogP contribution in [0, 0.1) is 0 Å². The van der Waals surface area contributed by atoms with Gasteiger partial charge in [-0.25, -0.2) is 24.9 Å². The average Bonchev–Trinajstić information content (AvgIpc) is 1.43. The van der Waals surface area contributed by atoms with Gasteiger partial charge in [-0.1, -0.05) is 249 Å². The van der Waals surface area contributed by atoms with Crippen LogP contribution in [-0.4, -0.2) is 40.8 Å². The molecule has 10 heteroatoms. The maximum absolute atomic E-state index is 5.68. The van der Waals surface area contributed by atoms with E-state index in [0.717, 1.165) is 123 Å². The largest absolute Gasteiger partial charge is 0.311 e. The van der Waals surface area contributed by atoms with Crippen LogP contribution < -0.4 is 26.2 Å². The Hall–Kier alpha value is -13.6. The molecule has 0 N–H and O–H groups in total. The monoisotopic (exact) mass is 1290 g/mol. The number of hydrogen-bond donors (Lipinski definition) is 0. The van der Waals surface area contributed by atoms with Crippen molar-refractivity contribution in [2.45, 2.75) is 0 Å². The Morgan fingerprint density at radius 2 is 0.624 bits per heavy atom. The molecule has 0 fully saturated rings. The molecule has 0 aliphatic carbocycles. The van der Waals surface area contributed by atoms with Gasteiger partial charge in [-0.05, 0) is 131 Å². The fraction of sp³-hybridized carbons (Fsp3) is 0. The summed E-state index contributed by atoms with van der Waals surface area (Å²) in [7, 11) is 0. The highest BCUT2D eigenvalue weighted by Crippen LogP contribution is 2.48. The van der Waals surface area contributed by atoms with Crippen molar-refractivity contribution in [2.75, 3.05) is 9.80 Å². The van der Waals surface area contributed by atoms with Gasteiger partial charge in [0.05, 0.1) is 39.1 Å². The summed E-state index contributed by atoms with van der Waals surface area (Å²) in [6.45, 7) is -0.000167. The van der Waals surface area contributed by atoms with Crippen molar-refractivity contribution < 1.29 is 0 Å². The third-order valence-electron chi connectivity index (χ3n) is 20.1. The molecule has 0 spiro atoms. The highest BCUT2D eigenvalue weighted by atomic mass is 15.2. The zero-order chi connectivity index (χ0) is 66.5. The molecule has 2 aliphatic heterocycles. The molecule has 0 amide bonds. The third kappa shape index (κ3) is 9.59. The molecule has 0 radical (unpaired) electrons. The van der Waals surface area contributed by atoms with Gasteiger partial charge in [-0.2, -0.15) is 0 Å². The Balaban J connectivity index is 0.806. The Morgan fingerprint density at radius 1 is 0.218 bits per heavy atom. The van der Waals surface area contributed by atoms with Crippen molar-refractivity contribution in [2.24, 2.45) is 0 Å². The average molecular weight is 1290 g/mol. The van der Waals surface area contributed by atoms with E-state index in [1.54, 1.807) is 0 Å². The summed E-state index contributed by atoms with van der Waals surface area (Å²) >= 11 is 0. The van der Waals surface area contributed by atoms with Gasteiger partial charge >= 0.3 is 0 Å². The molecule has 20 rings (SSSR count). The fourth-order valence-corrected chi connectivity index (χ4v) is 15.6. The summed E-state index contributed by atoms with van der Waals surface area (Å²) in [6.07, 6.45) is 0. The molecule has 9 nitrogen and oxygen atoms in total. The first-order chi connectivity index (χ1) is 50.1. The Kier molecular flexibility index (Phi) is 13.5. The second kappa shape index (κ2) is 23.6. The van der Waals surface area contributed by atoms with Gasteiger partial charge < -0.3 is 18.9 Å². The van der Waals surface area contributed by atoms with E-state index >= 15 is 0 Å². The van der Waals surface area contributed by atoms with Gasteiger partial charge in [0, 0.05) is 94.7 Å². The van der Waals surface area contributed by atoms with E-state index in [9.17, 15) is 0 Å². The SMILES string of the molecule is c1ccc(-c2cc(-c3ccc(-n4c5ccccc5c5cc6c7ccccc7n(-c7ccccc7)c6cc54)c(-c4nc(-c5ccccc5)nc(-c5ccc(-c6cc7c8c(c6)N(c6ccccc6)c6ccccc6B8c6ccccc6N7c6ccccc6)cc5)n4)c3)nc(-c3ccccc3)n2)cc1. The zero-order valence-electron chi connectivity index (χ0n) is 54.6. The first kappa shape index (κ1) is 57.7. The van der Waals surface area contributed by atoms with Crippen LogP contribution >= 0.6 is 0 Å². The van der Waals surface area contributed by atoms with Crippen molar-refractivity contribution in [3.63, 3.8) is 0 Å². The van der Waals surface area contributed by atoms with Crippen LogP contribution in [0.25, 0.3) is 134 Å². The number of benzene rings is 14. The molecule has 4 aromatic heterocycles. The Bertz CT molecular complexity index is 6090. The predicted octanol–water partition coefficient (Wildman–Crippen LogP) is 20.6. The van der Waals surface area contributed by atoms with Crippen molar-refractivity contribution in [1.29, 1.82) is 0 Å². The highest BCUT2D eigenvalue weighted by Gasteiger charge is 2.43. The highest BCUT2D eigenvalue weighted by molar-refractivity contribution is 7.00.